The van der Waals surface area contributed by atoms with Crippen LogP contribution >= 0.6 is 11.6 Å². The van der Waals surface area contributed by atoms with Crippen LogP contribution in [-0.4, -0.2) is 38.4 Å². The monoisotopic (exact) mass is 400 g/mol. The quantitative estimate of drug-likeness (QED) is 0.538. The molecule has 3 aromatic rings. The van der Waals surface area contributed by atoms with E-state index in [4.69, 9.17) is 11.6 Å². The molecule has 8 nitrogen and oxygen atoms in total. The molecule has 0 spiro atoms. The minimum absolute atomic E-state index is 0.000954. The van der Waals surface area contributed by atoms with Crippen LogP contribution in [0, 0.1) is 10.1 Å². The summed E-state index contributed by atoms with van der Waals surface area (Å²) in [6.07, 6.45) is 1.26. The Labute approximate surface area is 164 Å². The molecule has 9 heteroatoms. The highest BCUT2D eigenvalue weighted by Gasteiger charge is 2.27. The van der Waals surface area contributed by atoms with E-state index in [1.807, 2.05) is 24.3 Å². The van der Waals surface area contributed by atoms with Gasteiger partial charge in [0, 0.05) is 30.8 Å². The molecular formula is C19H17ClN4O4. The molecule has 0 unspecified atom stereocenters. The lowest BCUT2D eigenvalue weighted by atomic mass is 10.0. The Morgan fingerprint density at radius 1 is 1.18 bits per heavy atom. The molecule has 1 aromatic heterocycles. The second-order valence-electron chi connectivity index (χ2n) is 6.76. The first-order valence-electron chi connectivity index (χ1n) is 8.88. The van der Waals surface area contributed by atoms with Crippen molar-refractivity contribution in [3.63, 3.8) is 0 Å². The molecular weight excluding hydrogens is 384 g/mol. The average Bonchev–Trinajstić information content (AvgIpc) is 3.03. The molecule has 1 saturated heterocycles. The zero-order chi connectivity index (χ0) is 19.8. The SMILES string of the molecule is O=C(c1ccc(Cl)c([N+](=O)[O-])c1)N1CCC(n2c(=O)[nH]c3ccccc32)CC1. The molecule has 1 aliphatic heterocycles. The molecule has 0 radical (unpaired) electrons. The van der Waals surface area contributed by atoms with E-state index in [2.05, 4.69) is 4.98 Å². The predicted octanol–water partition coefficient (Wildman–Crippen LogP) is 3.37. The maximum Gasteiger partial charge on any atom is 0.326 e. The van der Waals surface area contributed by atoms with Gasteiger partial charge in [0.15, 0.2) is 0 Å². The minimum Gasteiger partial charge on any atom is -0.338 e. The number of para-hydroxylation sites is 2. The van der Waals surface area contributed by atoms with Crippen molar-refractivity contribution in [3.05, 3.63) is 73.6 Å². The summed E-state index contributed by atoms with van der Waals surface area (Å²) in [6.45, 7) is 0.928. The molecule has 1 N–H and O–H groups in total. The summed E-state index contributed by atoms with van der Waals surface area (Å²) >= 11 is 5.82. The average molecular weight is 401 g/mol. The molecule has 4 rings (SSSR count). The molecule has 0 bridgehead atoms. The Kier molecular flexibility index (Phi) is 4.64. The molecule has 144 valence electrons. The molecule has 0 atom stereocenters. The lowest BCUT2D eigenvalue weighted by Gasteiger charge is -2.32. The second kappa shape index (κ2) is 7.12. The normalized spacial score (nSPS) is 15.1. The molecule has 2 heterocycles. The van der Waals surface area contributed by atoms with Crippen LogP contribution in [0.1, 0.15) is 29.2 Å². The highest BCUT2D eigenvalue weighted by Crippen LogP contribution is 2.28. The number of nitrogens with one attached hydrogen (secondary N) is 1. The fourth-order valence-electron chi connectivity index (χ4n) is 3.73. The van der Waals surface area contributed by atoms with E-state index in [1.165, 1.54) is 18.2 Å². The van der Waals surface area contributed by atoms with Crippen LogP contribution in [-0.2, 0) is 0 Å². The van der Waals surface area contributed by atoms with Crippen molar-refractivity contribution in [3.8, 4) is 0 Å². The molecule has 2 aromatic carbocycles. The summed E-state index contributed by atoms with van der Waals surface area (Å²) in [5.41, 5.74) is 1.44. The fourth-order valence-corrected chi connectivity index (χ4v) is 3.92. The van der Waals surface area contributed by atoms with Crippen molar-refractivity contribution in [1.82, 2.24) is 14.5 Å². The number of nitro benzene ring substituents is 1. The molecule has 0 saturated carbocycles. The number of halogens is 1. The van der Waals surface area contributed by atoms with Gasteiger partial charge in [-0.25, -0.2) is 4.79 Å². The number of piperidine rings is 1. The van der Waals surface area contributed by atoms with E-state index < -0.39 is 4.92 Å². The Bertz CT molecular complexity index is 1130. The van der Waals surface area contributed by atoms with Crippen LogP contribution in [0.4, 0.5) is 5.69 Å². The van der Waals surface area contributed by atoms with E-state index in [0.717, 1.165) is 11.0 Å². The number of imidazole rings is 1. The summed E-state index contributed by atoms with van der Waals surface area (Å²) in [5, 5.41) is 11.0. The van der Waals surface area contributed by atoms with Crippen LogP contribution in [0.25, 0.3) is 11.0 Å². The van der Waals surface area contributed by atoms with Gasteiger partial charge in [-0.2, -0.15) is 0 Å². The van der Waals surface area contributed by atoms with Crippen LogP contribution < -0.4 is 5.69 Å². The third-order valence-corrected chi connectivity index (χ3v) is 5.45. The molecule has 1 amide bonds. The van der Waals surface area contributed by atoms with Gasteiger partial charge in [0.25, 0.3) is 11.6 Å². The van der Waals surface area contributed by atoms with Gasteiger partial charge in [-0.05, 0) is 37.1 Å². The van der Waals surface area contributed by atoms with Crippen molar-refractivity contribution in [2.45, 2.75) is 18.9 Å². The largest absolute Gasteiger partial charge is 0.338 e. The smallest absolute Gasteiger partial charge is 0.326 e. The van der Waals surface area contributed by atoms with Gasteiger partial charge < -0.3 is 9.88 Å². The van der Waals surface area contributed by atoms with E-state index in [-0.39, 0.29) is 33.9 Å². The standard InChI is InChI=1S/C19H17ClN4O4/c20-14-6-5-12(11-17(14)24(27)28)18(25)22-9-7-13(8-10-22)23-16-4-2-1-3-15(16)21-19(23)26/h1-6,11,13H,7-10H2,(H,21,26). The summed E-state index contributed by atoms with van der Waals surface area (Å²) < 4.78 is 1.75. The maximum absolute atomic E-state index is 12.7. The van der Waals surface area contributed by atoms with E-state index in [1.54, 1.807) is 9.47 Å². The van der Waals surface area contributed by atoms with Gasteiger partial charge in [-0.15, -0.1) is 0 Å². The van der Waals surface area contributed by atoms with Gasteiger partial charge in [0.05, 0.1) is 16.0 Å². The topological polar surface area (TPSA) is 101 Å². The fraction of sp³-hybridized carbons (Fsp3) is 0.263. The summed E-state index contributed by atoms with van der Waals surface area (Å²) in [4.78, 5) is 40.1. The number of benzene rings is 2. The highest BCUT2D eigenvalue weighted by molar-refractivity contribution is 6.32. The van der Waals surface area contributed by atoms with Gasteiger partial charge in [-0.3, -0.25) is 19.5 Å². The predicted molar refractivity (Wildman–Crippen MR) is 105 cm³/mol. The third kappa shape index (κ3) is 3.16. The van der Waals surface area contributed by atoms with Crippen molar-refractivity contribution >= 4 is 34.2 Å². The van der Waals surface area contributed by atoms with Crippen molar-refractivity contribution in [2.24, 2.45) is 0 Å². The lowest BCUT2D eigenvalue weighted by molar-refractivity contribution is -0.384. The lowest BCUT2D eigenvalue weighted by Crippen LogP contribution is -2.40. The molecule has 0 aliphatic carbocycles. The number of carbonyl (C=O) groups is 1. The molecule has 1 aliphatic rings. The number of fused-ring (bicyclic) bond motifs is 1. The van der Waals surface area contributed by atoms with Crippen LogP contribution in [0.3, 0.4) is 0 Å². The minimum atomic E-state index is -0.602. The maximum atomic E-state index is 12.7. The Morgan fingerprint density at radius 3 is 2.61 bits per heavy atom. The Morgan fingerprint density at radius 2 is 1.89 bits per heavy atom. The summed E-state index contributed by atoms with van der Waals surface area (Å²) in [7, 11) is 0. The number of hydrogen-bond donors (Lipinski definition) is 1. The second-order valence-corrected chi connectivity index (χ2v) is 7.17. The van der Waals surface area contributed by atoms with Crippen molar-refractivity contribution < 1.29 is 9.72 Å². The number of aromatic nitrogens is 2. The first kappa shape index (κ1) is 18.2. The summed E-state index contributed by atoms with van der Waals surface area (Å²) in [6, 6.07) is 11.6. The molecule has 1 fully saturated rings. The van der Waals surface area contributed by atoms with Gasteiger partial charge in [-0.1, -0.05) is 23.7 Å². The van der Waals surface area contributed by atoms with Gasteiger partial charge in [0.2, 0.25) is 0 Å². The number of likely N-dealkylation sites (tertiary alicyclic amines) is 1. The van der Waals surface area contributed by atoms with E-state index >= 15 is 0 Å². The number of hydrogen-bond acceptors (Lipinski definition) is 4. The van der Waals surface area contributed by atoms with Crippen LogP contribution in [0.15, 0.2) is 47.3 Å². The summed E-state index contributed by atoms with van der Waals surface area (Å²) in [5.74, 6) is -0.274. The number of carbonyl (C=O) groups excluding carboxylic acids is 1. The van der Waals surface area contributed by atoms with E-state index in [9.17, 15) is 19.7 Å². The van der Waals surface area contributed by atoms with E-state index in [0.29, 0.717) is 25.9 Å². The number of aromatic amines is 1. The zero-order valence-corrected chi connectivity index (χ0v) is 15.6. The molecule has 28 heavy (non-hydrogen) atoms. The zero-order valence-electron chi connectivity index (χ0n) is 14.8. The third-order valence-electron chi connectivity index (χ3n) is 5.13. The van der Waals surface area contributed by atoms with Gasteiger partial charge in [0.1, 0.15) is 5.02 Å². The van der Waals surface area contributed by atoms with Crippen LogP contribution in [0.5, 0.6) is 0 Å². The van der Waals surface area contributed by atoms with Crippen molar-refractivity contribution in [2.75, 3.05) is 13.1 Å². The number of H-pyrrole nitrogens is 1. The number of amides is 1. The Hall–Kier alpha value is -3.13. The first-order chi connectivity index (χ1) is 13.5. The van der Waals surface area contributed by atoms with Crippen LogP contribution in [0.2, 0.25) is 5.02 Å². The Balaban J connectivity index is 1.52. The number of rotatable bonds is 3. The van der Waals surface area contributed by atoms with Crippen molar-refractivity contribution in [1.29, 1.82) is 0 Å². The number of nitro groups is 1. The number of nitrogens with zero attached hydrogens (tertiary/aromatic N) is 3. The first-order valence-corrected chi connectivity index (χ1v) is 9.26. The van der Waals surface area contributed by atoms with Gasteiger partial charge >= 0.3 is 5.69 Å². The highest BCUT2D eigenvalue weighted by atomic mass is 35.5.